The average molecular weight is 319 g/mol. The molecular weight excluding hydrogens is 290 g/mol. The third kappa shape index (κ3) is 4.90. The van der Waals surface area contributed by atoms with Gasteiger partial charge in [-0.25, -0.2) is 0 Å². The van der Waals surface area contributed by atoms with E-state index in [1.54, 1.807) is 6.07 Å². The van der Waals surface area contributed by atoms with Crippen molar-refractivity contribution in [2.24, 2.45) is 11.8 Å². The quantitative estimate of drug-likeness (QED) is 0.757. The first-order valence-corrected chi connectivity index (χ1v) is 8.99. The van der Waals surface area contributed by atoms with Gasteiger partial charge in [0.1, 0.15) is 0 Å². The largest absolute Gasteiger partial charge is 0.392 e. The van der Waals surface area contributed by atoms with Gasteiger partial charge >= 0.3 is 0 Å². The zero-order chi connectivity index (χ0) is 16.1. The van der Waals surface area contributed by atoms with Crippen LogP contribution in [0.4, 0.5) is 0 Å². The van der Waals surface area contributed by atoms with Crippen LogP contribution in [-0.4, -0.2) is 53.8 Å². The molecule has 0 aromatic carbocycles. The number of aliphatic hydroxyl groups is 1. The Hall–Kier alpha value is -1.17. The average Bonchev–Trinajstić information content (AvgIpc) is 2.59. The molecule has 0 saturated carbocycles. The number of nitrogens with one attached hydrogen (secondary N) is 2. The fourth-order valence-corrected chi connectivity index (χ4v) is 3.92. The van der Waals surface area contributed by atoms with Crippen molar-refractivity contribution >= 4 is 0 Å². The molecule has 3 rings (SSSR count). The summed E-state index contributed by atoms with van der Waals surface area (Å²) >= 11 is 0. The lowest BCUT2D eigenvalue weighted by atomic mass is 9.89. The first-order chi connectivity index (χ1) is 11.2. The number of β-amino-alcohol motifs (C(OH)–C–C–N with tert-alkyl or cyclic N) is 1. The minimum absolute atomic E-state index is 0.0320. The maximum absolute atomic E-state index is 11.1. The highest BCUT2D eigenvalue weighted by Crippen LogP contribution is 2.23. The summed E-state index contributed by atoms with van der Waals surface area (Å²) in [4.78, 5) is 16.3. The Labute approximate surface area is 138 Å². The smallest absolute Gasteiger partial charge is 0.247 e. The number of aliphatic hydroxyl groups excluding tert-OH is 1. The van der Waals surface area contributed by atoms with E-state index in [1.807, 2.05) is 12.3 Å². The normalized spacial score (nSPS) is 23.0. The van der Waals surface area contributed by atoms with Gasteiger partial charge < -0.3 is 20.3 Å². The number of aromatic amines is 1. The molecule has 2 aliphatic rings. The molecule has 0 spiro atoms. The Morgan fingerprint density at radius 1 is 1.17 bits per heavy atom. The van der Waals surface area contributed by atoms with Gasteiger partial charge in [-0.3, -0.25) is 4.79 Å². The van der Waals surface area contributed by atoms with Crippen LogP contribution in [0.5, 0.6) is 0 Å². The van der Waals surface area contributed by atoms with Crippen molar-refractivity contribution in [3.8, 4) is 0 Å². The predicted octanol–water partition coefficient (Wildman–Crippen LogP) is 0.990. The van der Waals surface area contributed by atoms with E-state index < -0.39 is 0 Å². The molecule has 5 heteroatoms. The van der Waals surface area contributed by atoms with Crippen molar-refractivity contribution in [2.45, 2.75) is 38.2 Å². The number of nitrogens with zero attached hydrogens (tertiary/aromatic N) is 1. The molecule has 0 bridgehead atoms. The topological polar surface area (TPSA) is 68.4 Å². The molecule has 1 aromatic heterocycles. The van der Waals surface area contributed by atoms with Crippen molar-refractivity contribution in [3.63, 3.8) is 0 Å². The van der Waals surface area contributed by atoms with Crippen LogP contribution in [0.2, 0.25) is 0 Å². The lowest BCUT2D eigenvalue weighted by Gasteiger charge is -2.36. The molecule has 3 N–H and O–H groups in total. The summed E-state index contributed by atoms with van der Waals surface area (Å²) in [5, 5.41) is 13.8. The second-order valence-electron chi connectivity index (χ2n) is 7.16. The van der Waals surface area contributed by atoms with E-state index in [2.05, 4.69) is 15.2 Å². The van der Waals surface area contributed by atoms with Crippen molar-refractivity contribution < 1.29 is 5.11 Å². The molecule has 2 saturated heterocycles. The summed E-state index contributed by atoms with van der Waals surface area (Å²) in [6.45, 7) is 5.08. The van der Waals surface area contributed by atoms with Crippen molar-refractivity contribution in [1.29, 1.82) is 0 Å². The van der Waals surface area contributed by atoms with Crippen LogP contribution in [0.15, 0.2) is 23.1 Å². The summed E-state index contributed by atoms with van der Waals surface area (Å²) in [6, 6.07) is 3.55. The zero-order valence-corrected chi connectivity index (χ0v) is 13.8. The number of pyridine rings is 1. The maximum atomic E-state index is 11.1. The van der Waals surface area contributed by atoms with Crippen LogP contribution in [0.1, 0.15) is 31.2 Å². The minimum Gasteiger partial charge on any atom is -0.392 e. The Morgan fingerprint density at radius 2 is 1.91 bits per heavy atom. The fourth-order valence-electron chi connectivity index (χ4n) is 3.92. The molecule has 2 fully saturated rings. The molecule has 3 heterocycles. The molecule has 0 radical (unpaired) electrons. The molecule has 5 nitrogen and oxygen atoms in total. The number of likely N-dealkylation sites (tertiary alicyclic amines) is 1. The molecule has 1 atom stereocenters. The Balaban J connectivity index is 1.41. The molecule has 2 aliphatic heterocycles. The highest BCUT2D eigenvalue weighted by atomic mass is 16.3. The lowest BCUT2D eigenvalue weighted by Crippen LogP contribution is -2.43. The van der Waals surface area contributed by atoms with Gasteiger partial charge in [-0.15, -0.1) is 0 Å². The maximum Gasteiger partial charge on any atom is 0.247 e. The summed E-state index contributed by atoms with van der Waals surface area (Å²) in [7, 11) is 0. The lowest BCUT2D eigenvalue weighted by molar-refractivity contribution is 0.0389. The van der Waals surface area contributed by atoms with Crippen LogP contribution in [0.25, 0.3) is 0 Å². The second-order valence-corrected chi connectivity index (χ2v) is 7.16. The Morgan fingerprint density at radius 3 is 2.57 bits per heavy atom. The molecular formula is C18H29N3O2. The SMILES string of the molecule is O=c1ccc(CC2CCN(CC(O)C3CCNCC3)CC2)c[nH]1. The monoisotopic (exact) mass is 319 g/mol. The van der Waals surface area contributed by atoms with Gasteiger partial charge in [-0.1, -0.05) is 6.07 Å². The summed E-state index contributed by atoms with van der Waals surface area (Å²) in [5.74, 6) is 1.16. The number of hydrogen-bond acceptors (Lipinski definition) is 4. The first-order valence-electron chi connectivity index (χ1n) is 8.99. The standard InChI is InChI=1S/C18H29N3O2/c22-17(16-3-7-19-8-4-16)13-21-9-5-14(6-10-21)11-15-1-2-18(23)20-12-15/h1-2,12,14,16-17,19,22H,3-11,13H2,(H,20,23). The molecule has 128 valence electrons. The summed E-state index contributed by atoms with van der Waals surface area (Å²) in [6.07, 6.45) is 7.27. The van der Waals surface area contributed by atoms with Gasteiger partial charge in [0, 0.05) is 18.8 Å². The van der Waals surface area contributed by atoms with Gasteiger partial charge in [0.15, 0.2) is 0 Å². The van der Waals surface area contributed by atoms with Gasteiger partial charge in [-0.05, 0) is 75.7 Å². The van der Waals surface area contributed by atoms with Gasteiger partial charge in [-0.2, -0.15) is 0 Å². The highest BCUT2D eigenvalue weighted by molar-refractivity contribution is 5.09. The first kappa shape index (κ1) is 16.7. The number of aromatic nitrogens is 1. The highest BCUT2D eigenvalue weighted by Gasteiger charge is 2.26. The number of rotatable bonds is 5. The minimum atomic E-state index is -0.173. The zero-order valence-electron chi connectivity index (χ0n) is 13.8. The Kier molecular flexibility index (Phi) is 5.86. The third-order valence-electron chi connectivity index (χ3n) is 5.45. The predicted molar refractivity (Wildman–Crippen MR) is 91.5 cm³/mol. The van der Waals surface area contributed by atoms with Crippen LogP contribution in [0.3, 0.4) is 0 Å². The second kappa shape index (κ2) is 8.08. The molecule has 1 aromatic rings. The summed E-state index contributed by atoms with van der Waals surface area (Å²) < 4.78 is 0. The van der Waals surface area contributed by atoms with Crippen molar-refractivity contribution in [1.82, 2.24) is 15.2 Å². The number of piperidine rings is 2. The van der Waals surface area contributed by atoms with E-state index in [4.69, 9.17) is 0 Å². The van der Waals surface area contributed by atoms with E-state index in [1.165, 1.54) is 18.4 Å². The van der Waals surface area contributed by atoms with Gasteiger partial charge in [0.25, 0.3) is 0 Å². The Bertz CT molecular complexity index is 511. The molecule has 0 amide bonds. The van der Waals surface area contributed by atoms with Crippen LogP contribution in [-0.2, 0) is 6.42 Å². The number of H-pyrrole nitrogens is 1. The fraction of sp³-hybridized carbons (Fsp3) is 0.722. The van der Waals surface area contributed by atoms with E-state index in [0.717, 1.165) is 52.0 Å². The molecule has 23 heavy (non-hydrogen) atoms. The van der Waals surface area contributed by atoms with Crippen molar-refractivity contribution in [2.75, 3.05) is 32.7 Å². The molecule has 1 unspecified atom stereocenters. The van der Waals surface area contributed by atoms with Crippen LogP contribution >= 0.6 is 0 Å². The summed E-state index contributed by atoms with van der Waals surface area (Å²) in [5.41, 5.74) is 1.19. The van der Waals surface area contributed by atoms with E-state index >= 15 is 0 Å². The van der Waals surface area contributed by atoms with Gasteiger partial charge in [0.05, 0.1) is 6.10 Å². The van der Waals surface area contributed by atoms with Gasteiger partial charge in [0.2, 0.25) is 5.56 Å². The molecule has 0 aliphatic carbocycles. The van der Waals surface area contributed by atoms with Crippen LogP contribution in [0, 0.1) is 11.8 Å². The van der Waals surface area contributed by atoms with Crippen LogP contribution < -0.4 is 10.9 Å². The van der Waals surface area contributed by atoms with Crippen molar-refractivity contribution in [3.05, 3.63) is 34.2 Å². The van der Waals surface area contributed by atoms with E-state index in [0.29, 0.717) is 11.8 Å². The van der Waals surface area contributed by atoms with E-state index in [9.17, 15) is 9.90 Å². The number of hydrogen-bond donors (Lipinski definition) is 3. The third-order valence-corrected chi connectivity index (χ3v) is 5.45. The van der Waals surface area contributed by atoms with E-state index in [-0.39, 0.29) is 11.7 Å².